The molecule has 1 aromatic heterocycles. The van der Waals surface area contributed by atoms with Gasteiger partial charge in [-0.25, -0.2) is 4.98 Å². The molecule has 0 saturated heterocycles. The van der Waals surface area contributed by atoms with Crippen LogP contribution in [0.15, 0.2) is 42.6 Å². The highest BCUT2D eigenvalue weighted by Crippen LogP contribution is 2.17. The Kier molecular flexibility index (Phi) is 6.13. The third kappa shape index (κ3) is 4.70. The Morgan fingerprint density at radius 2 is 2.00 bits per heavy atom. The van der Waals surface area contributed by atoms with Crippen molar-refractivity contribution in [2.75, 3.05) is 18.5 Å². The van der Waals surface area contributed by atoms with E-state index in [0.717, 1.165) is 5.56 Å². The highest BCUT2D eigenvalue weighted by atomic mass is 16.5. The molecule has 1 amide bonds. The Morgan fingerprint density at radius 3 is 2.75 bits per heavy atom. The summed E-state index contributed by atoms with van der Waals surface area (Å²) in [6.07, 6.45) is 1.63. The number of aromatic nitrogens is 1. The number of ether oxygens (including phenoxy) is 1. The summed E-state index contributed by atoms with van der Waals surface area (Å²) in [7, 11) is 0. The molecule has 2 aromatic rings. The Balaban J connectivity index is 2.07. The Hall–Kier alpha value is -3.09. The summed E-state index contributed by atoms with van der Waals surface area (Å²) in [6.45, 7) is 2.35. The van der Waals surface area contributed by atoms with Crippen LogP contribution in [0.3, 0.4) is 0 Å². The first-order valence-corrected chi connectivity index (χ1v) is 7.51. The van der Waals surface area contributed by atoms with Crippen molar-refractivity contribution in [2.45, 2.75) is 13.5 Å². The van der Waals surface area contributed by atoms with Gasteiger partial charge < -0.3 is 20.5 Å². The van der Waals surface area contributed by atoms with E-state index in [-0.39, 0.29) is 19.0 Å². The lowest BCUT2D eigenvalue weighted by molar-refractivity contribution is -0.134. The highest BCUT2D eigenvalue weighted by Gasteiger charge is 2.12. The van der Waals surface area contributed by atoms with Crippen molar-refractivity contribution in [3.63, 3.8) is 0 Å². The van der Waals surface area contributed by atoms with E-state index in [1.165, 1.54) is 0 Å². The molecule has 7 heteroatoms. The molecule has 0 bridgehead atoms. The van der Waals surface area contributed by atoms with Crippen LogP contribution >= 0.6 is 0 Å². The van der Waals surface area contributed by atoms with Crippen molar-refractivity contribution in [3.05, 3.63) is 53.7 Å². The van der Waals surface area contributed by atoms with Gasteiger partial charge in [0.1, 0.15) is 6.54 Å². The minimum absolute atomic E-state index is 0.259. The average Bonchev–Trinajstić information content (AvgIpc) is 2.59. The monoisotopic (exact) mass is 329 g/mol. The van der Waals surface area contributed by atoms with Gasteiger partial charge in [0.05, 0.1) is 12.2 Å². The van der Waals surface area contributed by atoms with Gasteiger partial charge in [0.25, 0.3) is 5.91 Å². The number of carbonyl (C=O) groups is 2. The maximum Gasteiger partial charge on any atom is 0.322 e. The lowest BCUT2D eigenvalue weighted by Crippen LogP contribution is -2.25. The van der Waals surface area contributed by atoms with Gasteiger partial charge in [-0.3, -0.25) is 9.59 Å². The van der Waals surface area contributed by atoms with Crippen molar-refractivity contribution in [1.82, 2.24) is 10.3 Å². The number of amides is 1. The Morgan fingerprint density at radius 1 is 1.21 bits per heavy atom. The molecule has 0 fully saturated rings. The molecule has 7 nitrogen and oxygen atoms in total. The van der Waals surface area contributed by atoms with E-state index in [9.17, 15) is 9.59 Å². The van der Waals surface area contributed by atoms with E-state index >= 15 is 0 Å². The number of nitrogens with one attached hydrogen (secondary N) is 2. The molecule has 24 heavy (non-hydrogen) atoms. The fraction of sp³-hybridized carbons (Fsp3) is 0.235. The van der Waals surface area contributed by atoms with Crippen LogP contribution < -0.4 is 15.4 Å². The molecule has 1 heterocycles. The summed E-state index contributed by atoms with van der Waals surface area (Å²) in [6, 6.07) is 10.3. The lowest BCUT2D eigenvalue weighted by Gasteiger charge is -2.12. The third-order valence-corrected chi connectivity index (χ3v) is 3.17. The van der Waals surface area contributed by atoms with Gasteiger partial charge >= 0.3 is 5.97 Å². The minimum atomic E-state index is -0.998. The van der Waals surface area contributed by atoms with Gasteiger partial charge in [0.15, 0.2) is 0 Å². The second kappa shape index (κ2) is 8.52. The molecule has 0 radical (unpaired) electrons. The first-order chi connectivity index (χ1) is 11.6. The summed E-state index contributed by atoms with van der Waals surface area (Å²) >= 11 is 0. The lowest BCUT2D eigenvalue weighted by atomic mass is 10.1. The minimum Gasteiger partial charge on any atom is -0.480 e. The molecular weight excluding hydrogens is 310 g/mol. The van der Waals surface area contributed by atoms with Crippen molar-refractivity contribution in [3.8, 4) is 5.88 Å². The molecule has 0 saturated carbocycles. The molecule has 0 unspecified atom stereocenters. The third-order valence-electron chi connectivity index (χ3n) is 3.17. The number of aliphatic carboxylic acids is 1. The fourth-order valence-electron chi connectivity index (χ4n) is 2.10. The molecule has 0 aliphatic carbocycles. The van der Waals surface area contributed by atoms with Crippen LogP contribution in [-0.2, 0) is 11.3 Å². The largest absolute Gasteiger partial charge is 0.480 e. The molecular formula is C17H19N3O4. The van der Waals surface area contributed by atoms with E-state index in [0.29, 0.717) is 23.7 Å². The second-order valence-electron chi connectivity index (χ2n) is 4.88. The average molecular weight is 329 g/mol. The van der Waals surface area contributed by atoms with Crippen molar-refractivity contribution in [2.24, 2.45) is 0 Å². The van der Waals surface area contributed by atoms with Crippen molar-refractivity contribution >= 4 is 17.6 Å². The van der Waals surface area contributed by atoms with E-state index in [4.69, 9.17) is 9.84 Å². The fourth-order valence-corrected chi connectivity index (χ4v) is 2.10. The van der Waals surface area contributed by atoms with Gasteiger partial charge in [-0.05, 0) is 25.1 Å². The summed E-state index contributed by atoms with van der Waals surface area (Å²) < 4.78 is 5.42. The first-order valence-electron chi connectivity index (χ1n) is 7.51. The predicted octanol–water partition coefficient (Wildman–Crippen LogP) is 1.91. The second-order valence-corrected chi connectivity index (χ2v) is 4.88. The zero-order valence-electron chi connectivity index (χ0n) is 13.3. The number of carboxylic acid groups (broad SMARTS) is 1. The number of pyridine rings is 1. The van der Waals surface area contributed by atoms with E-state index in [1.807, 2.05) is 13.0 Å². The van der Waals surface area contributed by atoms with Gasteiger partial charge in [-0.15, -0.1) is 0 Å². The number of carbonyl (C=O) groups excluding carboxylic acids is 1. The number of rotatable bonds is 8. The van der Waals surface area contributed by atoms with Crippen LogP contribution in [0.25, 0.3) is 0 Å². The standard InChI is InChI=1S/C17H19N3O4/c1-2-24-17-12(6-5-9-18-17)10-20-16(23)13-7-3-4-8-14(13)19-11-15(21)22/h3-9,19H,2,10-11H2,1H3,(H,20,23)(H,21,22). The summed E-state index contributed by atoms with van der Waals surface area (Å²) in [5.74, 6) is -0.825. The molecule has 0 aliphatic heterocycles. The maximum absolute atomic E-state index is 12.4. The van der Waals surface area contributed by atoms with E-state index < -0.39 is 5.97 Å². The van der Waals surface area contributed by atoms with E-state index in [1.54, 1.807) is 36.5 Å². The molecule has 126 valence electrons. The van der Waals surface area contributed by atoms with Crippen LogP contribution in [0, 0.1) is 0 Å². The molecule has 0 atom stereocenters. The number of hydrogen-bond acceptors (Lipinski definition) is 5. The first kappa shape index (κ1) is 17.3. The van der Waals surface area contributed by atoms with Gasteiger partial charge in [-0.2, -0.15) is 0 Å². The predicted molar refractivity (Wildman–Crippen MR) is 89.1 cm³/mol. The number of hydrogen-bond donors (Lipinski definition) is 3. The van der Waals surface area contributed by atoms with Crippen LogP contribution in [0.4, 0.5) is 5.69 Å². The van der Waals surface area contributed by atoms with Crippen LogP contribution in [-0.4, -0.2) is 35.1 Å². The topological polar surface area (TPSA) is 101 Å². The molecule has 3 N–H and O–H groups in total. The number of para-hydroxylation sites is 1. The van der Waals surface area contributed by atoms with Crippen LogP contribution in [0.1, 0.15) is 22.8 Å². The van der Waals surface area contributed by atoms with Crippen molar-refractivity contribution in [1.29, 1.82) is 0 Å². The van der Waals surface area contributed by atoms with Gasteiger partial charge in [0.2, 0.25) is 5.88 Å². The molecule has 0 spiro atoms. The zero-order chi connectivity index (χ0) is 17.4. The normalized spacial score (nSPS) is 10.0. The summed E-state index contributed by atoms with van der Waals surface area (Å²) in [5, 5.41) is 14.3. The zero-order valence-corrected chi connectivity index (χ0v) is 13.3. The molecule has 0 aliphatic rings. The number of carboxylic acids is 1. The SMILES string of the molecule is CCOc1ncccc1CNC(=O)c1ccccc1NCC(=O)O. The number of benzene rings is 1. The van der Waals surface area contributed by atoms with Crippen molar-refractivity contribution < 1.29 is 19.4 Å². The van der Waals surface area contributed by atoms with Gasteiger partial charge in [0, 0.05) is 24.0 Å². The van der Waals surface area contributed by atoms with Crippen LogP contribution in [0.2, 0.25) is 0 Å². The molecule has 2 rings (SSSR count). The Bertz CT molecular complexity index is 718. The Labute approximate surface area is 139 Å². The highest BCUT2D eigenvalue weighted by molar-refractivity contribution is 5.99. The van der Waals surface area contributed by atoms with E-state index in [2.05, 4.69) is 15.6 Å². The quantitative estimate of drug-likeness (QED) is 0.684. The number of nitrogens with zero attached hydrogens (tertiary/aromatic N) is 1. The van der Waals surface area contributed by atoms with Gasteiger partial charge in [-0.1, -0.05) is 18.2 Å². The summed E-state index contributed by atoms with van der Waals surface area (Å²) in [5.41, 5.74) is 1.61. The van der Waals surface area contributed by atoms with Crippen LogP contribution in [0.5, 0.6) is 5.88 Å². The molecule has 1 aromatic carbocycles. The summed E-state index contributed by atoms with van der Waals surface area (Å²) in [4.78, 5) is 27.2. The maximum atomic E-state index is 12.4. The number of anilines is 1. The smallest absolute Gasteiger partial charge is 0.322 e.